The Morgan fingerprint density at radius 3 is 2.62 bits per heavy atom. The molecule has 1 N–H and O–H groups in total. The second kappa shape index (κ2) is 9.30. The number of halogens is 2. The van der Waals surface area contributed by atoms with Crippen molar-refractivity contribution >= 4 is 0 Å². The molecule has 0 radical (unpaired) electrons. The van der Waals surface area contributed by atoms with Crippen LogP contribution in [0.4, 0.5) is 8.78 Å². The van der Waals surface area contributed by atoms with Crippen LogP contribution in [0, 0.1) is 18.6 Å². The Bertz CT molecular complexity index is 1020. The molecule has 3 aromatic rings. The van der Waals surface area contributed by atoms with Crippen molar-refractivity contribution in [2.45, 2.75) is 51.0 Å². The molecule has 1 fully saturated rings. The van der Waals surface area contributed by atoms with Crippen molar-refractivity contribution in [2.24, 2.45) is 0 Å². The van der Waals surface area contributed by atoms with Gasteiger partial charge < -0.3 is 9.84 Å². The number of likely N-dealkylation sites (tertiary alicyclic amines) is 1. The van der Waals surface area contributed by atoms with E-state index >= 15 is 0 Å². The summed E-state index contributed by atoms with van der Waals surface area (Å²) in [6.07, 6.45) is 6.09. The second-order valence-corrected chi connectivity index (χ2v) is 8.34. The van der Waals surface area contributed by atoms with Crippen LogP contribution in [0.2, 0.25) is 0 Å². The monoisotopic (exact) mass is 443 g/mol. The third kappa shape index (κ3) is 4.78. The molecule has 0 spiro atoms. The average molecular weight is 443 g/mol. The molecule has 0 aliphatic carbocycles. The quantitative estimate of drug-likeness (QED) is 0.605. The normalized spacial score (nSPS) is 18.3. The predicted molar refractivity (Wildman–Crippen MR) is 114 cm³/mol. The summed E-state index contributed by atoms with van der Waals surface area (Å²) >= 11 is 0. The summed E-state index contributed by atoms with van der Waals surface area (Å²) < 4.78 is 35.7. The number of benzene rings is 1. The van der Waals surface area contributed by atoms with E-state index in [4.69, 9.17) is 4.74 Å². The molecule has 1 saturated heterocycles. The largest absolute Gasteiger partial charge is 0.474 e. The fourth-order valence-electron chi connectivity index (χ4n) is 4.22. The van der Waals surface area contributed by atoms with Crippen LogP contribution in [-0.4, -0.2) is 55.0 Å². The smallest absolute Gasteiger partial charge is 0.213 e. The summed E-state index contributed by atoms with van der Waals surface area (Å²) in [7, 11) is 0. The lowest BCUT2D eigenvalue weighted by Gasteiger charge is -2.44. The van der Waals surface area contributed by atoms with Gasteiger partial charge in [-0.3, -0.25) is 4.90 Å². The zero-order valence-corrected chi connectivity index (χ0v) is 18.2. The van der Waals surface area contributed by atoms with Crippen LogP contribution in [0.15, 0.2) is 49.2 Å². The Labute approximate surface area is 185 Å². The standard InChI is InChI=1S/C23H27F2N5O2/c1-16-3-6-22(27-12-16)32-19-7-9-29(10-8-19)17(2)23(31,13-30-15-26-14-28-30)20-5-4-18(24)11-21(20)25/h3-6,11-12,14-15,17,19,31H,7-10,13H2,1-2H3/t17-,23-/m1/s1. The molecular weight excluding hydrogens is 416 g/mol. The van der Waals surface area contributed by atoms with Gasteiger partial charge in [0.1, 0.15) is 36.0 Å². The summed E-state index contributed by atoms with van der Waals surface area (Å²) in [6.45, 7) is 5.12. The van der Waals surface area contributed by atoms with Crippen LogP contribution in [0.5, 0.6) is 5.88 Å². The lowest BCUT2D eigenvalue weighted by atomic mass is 9.84. The van der Waals surface area contributed by atoms with Crippen molar-refractivity contribution < 1.29 is 18.6 Å². The molecule has 1 aromatic carbocycles. The Hall–Kier alpha value is -2.91. The van der Waals surface area contributed by atoms with Crippen LogP contribution in [0.3, 0.4) is 0 Å². The fraction of sp³-hybridized carbons (Fsp3) is 0.435. The number of aliphatic hydroxyl groups is 1. The molecule has 2 aromatic heterocycles. The maximum atomic E-state index is 14.7. The molecule has 3 heterocycles. The Kier molecular flexibility index (Phi) is 6.48. The fourth-order valence-corrected chi connectivity index (χ4v) is 4.22. The molecule has 1 aliphatic heterocycles. The average Bonchev–Trinajstić information content (AvgIpc) is 3.28. The highest BCUT2D eigenvalue weighted by Crippen LogP contribution is 2.34. The van der Waals surface area contributed by atoms with E-state index in [1.54, 1.807) is 6.20 Å². The SMILES string of the molecule is Cc1ccc(OC2CCN([C@H](C)[C@](O)(Cn3cncn3)c3ccc(F)cc3F)CC2)nc1. The summed E-state index contributed by atoms with van der Waals surface area (Å²) in [6, 6.07) is 6.61. The molecule has 7 nitrogen and oxygen atoms in total. The minimum atomic E-state index is -1.64. The number of hydrogen-bond donors (Lipinski definition) is 1. The van der Waals surface area contributed by atoms with Crippen LogP contribution in [0.1, 0.15) is 30.9 Å². The van der Waals surface area contributed by atoms with E-state index in [0.29, 0.717) is 19.0 Å². The lowest BCUT2D eigenvalue weighted by Crippen LogP contribution is -2.54. The van der Waals surface area contributed by atoms with Crippen molar-refractivity contribution in [2.75, 3.05) is 13.1 Å². The molecule has 0 unspecified atom stereocenters. The molecule has 4 rings (SSSR count). The van der Waals surface area contributed by atoms with Crippen molar-refractivity contribution in [1.29, 1.82) is 0 Å². The number of hydrogen-bond acceptors (Lipinski definition) is 6. The molecule has 0 amide bonds. The molecule has 9 heteroatoms. The van der Waals surface area contributed by atoms with E-state index in [9.17, 15) is 13.9 Å². The summed E-state index contributed by atoms with van der Waals surface area (Å²) in [5, 5.41) is 15.8. The molecule has 1 aliphatic rings. The first-order valence-corrected chi connectivity index (χ1v) is 10.7. The molecular formula is C23H27F2N5O2. The minimum Gasteiger partial charge on any atom is -0.474 e. The number of nitrogens with zero attached hydrogens (tertiary/aromatic N) is 5. The third-order valence-corrected chi connectivity index (χ3v) is 6.15. The van der Waals surface area contributed by atoms with Gasteiger partial charge in [0.05, 0.1) is 6.54 Å². The number of piperidine rings is 1. The molecule has 170 valence electrons. The van der Waals surface area contributed by atoms with Gasteiger partial charge in [0, 0.05) is 43.0 Å². The molecule has 2 atom stereocenters. The van der Waals surface area contributed by atoms with Gasteiger partial charge in [0.2, 0.25) is 5.88 Å². The maximum absolute atomic E-state index is 14.7. The first-order chi connectivity index (χ1) is 15.3. The first kappa shape index (κ1) is 22.3. The van der Waals surface area contributed by atoms with E-state index in [2.05, 4.69) is 20.0 Å². The van der Waals surface area contributed by atoms with Crippen LogP contribution in [0.25, 0.3) is 0 Å². The van der Waals surface area contributed by atoms with Crippen molar-refractivity contribution in [1.82, 2.24) is 24.6 Å². The third-order valence-electron chi connectivity index (χ3n) is 6.15. The molecule has 0 saturated carbocycles. The summed E-state index contributed by atoms with van der Waals surface area (Å²) in [5.74, 6) is -0.883. The van der Waals surface area contributed by atoms with E-state index in [-0.39, 0.29) is 18.2 Å². The van der Waals surface area contributed by atoms with Gasteiger partial charge in [-0.05, 0) is 38.3 Å². The Morgan fingerprint density at radius 1 is 1.22 bits per heavy atom. The number of aromatic nitrogens is 4. The van der Waals surface area contributed by atoms with Crippen molar-refractivity contribution in [3.8, 4) is 5.88 Å². The second-order valence-electron chi connectivity index (χ2n) is 8.34. The summed E-state index contributed by atoms with van der Waals surface area (Å²) in [5.41, 5.74) is -0.539. The maximum Gasteiger partial charge on any atom is 0.213 e. The number of rotatable bonds is 7. The van der Waals surface area contributed by atoms with Gasteiger partial charge >= 0.3 is 0 Å². The highest BCUT2D eigenvalue weighted by atomic mass is 19.1. The van der Waals surface area contributed by atoms with E-state index in [0.717, 1.165) is 30.5 Å². The number of pyridine rings is 1. The van der Waals surface area contributed by atoms with E-state index in [1.165, 1.54) is 23.4 Å². The summed E-state index contributed by atoms with van der Waals surface area (Å²) in [4.78, 5) is 10.3. The lowest BCUT2D eigenvalue weighted by molar-refractivity contribution is -0.0749. The van der Waals surface area contributed by atoms with Crippen LogP contribution < -0.4 is 4.74 Å². The van der Waals surface area contributed by atoms with Gasteiger partial charge in [-0.25, -0.2) is 23.4 Å². The van der Waals surface area contributed by atoms with Gasteiger partial charge in [-0.1, -0.05) is 12.1 Å². The van der Waals surface area contributed by atoms with Gasteiger partial charge in [-0.2, -0.15) is 5.10 Å². The Morgan fingerprint density at radius 2 is 2.00 bits per heavy atom. The highest BCUT2D eigenvalue weighted by Gasteiger charge is 2.43. The number of ether oxygens (including phenoxy) is 1. The zero-order chi connectivity index (χ0) is 22.7. The van der Waals surface area contributed by atoms with Crippen LogP contribution in [-0.2, 0) is 12.1 Å². The number of aryl methyl sites for hydroxylation is 1. The van der Waals surface area contributed by atoms with Gasteiger partial charge in [0.25, 0.3) is 0 Å². The highest BCUT2D eigenvalue weighted by molar-refractivity contribution is 5.27. The van der Waals surface area contributed by atoms with E-state index < -0.39 is 23.3 Å². The van der Waals surface area contributed by atoms with Crippen molar-refractivity contribution in [3.05, 3.63) is 71.9 Å². The van der Waals surface area contributed by atoms with Gasteiger partial charge in [-0.15, -0.1) is 0 Å². The predicted octanol–water partition coefficient (Wildman–Crippen LogP) is 3.08. The van der Waals surface area contributed by atoms with Crippen LogP contribution >= 0.6 is 0 Å². The molecule has 0 bridgehead atoms. The van der Waals surface area contributed by atoms with Crippen molar-refractivity contribution in [3.63, 3.8) is 0 Å². The Balaban J connectivity index is 1.50. The van der Waals surface area contributed by atoms with Gasteiger partial charge in [0.15, 0.2) is 0 Å². The minimum absolute atomic E-state index is 0.0135. The zero-order valence-electron chi connectivity index (χ0n) is 18.2. The topological polar surface area (TPSA) is 76.3 Å². The van der Waals surface area contributed by atoms with E-state index in [1.807, 2.05) is 26.0 Å². The molecule has 32 heavy (non-hydrogen) atoms. The first-order valence-electron chi connectivity index (χ1n) is 10.7.